The molecule has 1 aromatic carbocycles. The number of hydrogen-bond donors (Lipinski definition) is 0. The van der Waals surface area contributed by atoms with Gasteiger partial charge in [-0.3, -0.25) is 9.78 Å². The molecule has 0 atom stereocenters. The summed E-state index contributed by atoms with van der Waals surface area (Å²) in [5.41, 5.74) is 3.17. The largest absolute Gasteiger partial charge is 0.483 e. The fourth-order valence-electron chi connectivity index (χ4n) is 3.01. The highest BCUT2D eigenvalue weighted by atomic mass is 16.5. The summed E-state index contributed by atoms with van der Waals surface area (Å²) in [5, 5.41) is 0. The van der Waals surface area contributed by atoms with Crippen molar-refractivity contribution < 1.29 is 13.9 Å². The molecule has 0 spiro atoms. The van der Waals surface area contributed by atoms with E-state index < -0.39 is 0 Å². The first-order chi connectivity index (χ1) is 13.5. The SMILES string of the molecule is Cc1ccc(C(C)C)c(OCC(=O)N(Cc2cccnc2)Cc2ccco2)c1. The second-order valence-corrected chi connectivity index (χ2v) is 7.18. The smallest absolute Gasteiger partial charge is 0.261 e. The number of benzene rings is 1. The third-order valence-electron chi connectivity index (χ3n) is 4.52. The van der Waals surface area contributed by atoms with Gasteiger partial charge in [-0.05, 0) is 53.8 Å². The Hall–Kier alpha value is -3.08. The molecule has 5 nitrogen and oxygen atoms in total. The van der Waals surface area contributed by atoms with Crippen LogP contribution < -0.4 is 4.74 Å². The molecule has 0 aliphatic rings. The summed E-state index contributed by atoms with van der Waals surface area (Å²) in [6.07, 6.45) is 5.09. The molecule has 146 valence electrons. The summed E-state index contributed by atoms with van der Waals surface area (Å²) in [7, 11) is 0. The first-order valence-corrected chi connectivity index (χ1v) is 9.45. The Kier molecular flexibility index (Phi) is 6.48. The van der Waals surface area contributed by atoms with Crippen molar-refractivity contribution in [3.63, 3.8) is 0 Å². The highest BCUT2D eigenvalue weighted by molar-refractivity contribution is 5.77. The minimum Gasteiger partial charge on any atom is -0.483 e. The van der Waals surface area contributed by atoms with Crippen LogP contribution in [0.5, 0.6) is 5.75 Å². The maximum atomic E-state index is 13.0. The summed E-state index contributed by atoms with van der Waals surface area (Å²) in [6, 6.07) is 13.6. The summed E-state index contributed by atoms with van der Waals surface area (Å²) >= 11 is 0. The Balaban J connectivity index is 1.73. The fourth-order valence-corrected chi connectivity index (χ4v) is 3.01. The topological polar surface area (TPSA) is 55.6 Å². The van der Waals surface area contributed by atoms with Crippen molar-refractivity contribution in [2.45, 2.75) is 39.8 Å². The molecule has 0 radical (unpaired) electrons. The number of carbonyl (C=O) groups is 1. The average molecular weight is 378 g/mol. The molecular formula is C23H26N2O3. The van der Waals surface area contributed by atoms with Crippen LogP contribution in [0.4, 0.5) is 0 Å². The lowest BCUT2D eigenvalue weighted by Gasteiger charge is -2.22. The van der Waals surface area contributed by atoms with Crippen LogP contribution in [0.2, 0.25) is 0 Å². The van der Waals surface area contributed by atoms with E-state index >= 15 is 0 Å². The number of furan rings is 1. The molecule has 28 heavy (non-hydrogen) atoms. The summed E-state index contributed by atoms with van der Waals surface area (Å²) in [6.45, 7) is 7.06. The van der Waals surface area contributed by atoms with Gasteiger partial charge in [0.1, 0.15) is 11.5 Å². The van der Waals surface area contributed by atoms with Crippen LogP contribution in [0.3, 0.4) is 0 Å². The molecule has 0 saturated carbocycles. The Bertz CT molecular complexity index is 889. The van der Waals surface area contributed by atoms with E-state index in [1.54, 1.807) is 23.6 Å². The molecule has 0 aliphatic carbocycles. The zero-order chi connectivity index (χ0) is 19.9. The number of aromatic nitrogens is 1. The Morgan fingerprint density at radius 2 is 2.04 bits per heavy atom. The van der Waals surface area contributed by atoms with E-state index in [-0.39, 0.29) is 12.5 Å². The Labute approximate surface area is 166 Å². The predicted molar refractivity (Wildman–Crippen MR) is 108 cm³/mol. The summed E-state index contributed by atoms with van der Waals surface area (Å²) in [5.74, 6) is 1.72. The number of nitrogens with zero attached hydrogens (tertiary/aromatic N) is 2. The Morgan fingerprint density at radius 1 is 1.18 bits per heavy atom. The number of pyridine rings is 1. The van der Waals surface area contributed by atoms with Gasteiger partial charge in [0.05, 0.1) is 12.8 Å². The van der Waals surface area contributed by atoms with E-state index in [0.717, 1.165) is 28.2 Å². The van der Waals surface area contributed by atoms with Crippen molar-refractivity contribution in [2.75, 3.05) is 6.61 Å². The molecular weight excluding hydrogens is 352 g/mol. The van der Waals surface area contributed by atoms with Gasteiger partial charge < -0.3 is 14.1 Å². The maximum Gasteiger partial charge on any atom is 0.261 e. The molecule has 2 aromatic heterocycles. The zero-order valence-electron chi connectivity index (χ0n) is 16.6. The Morgan fingerprint density at radius 3 is 2.71 bits per heavy atom. The van der Waals surface area contributed by atoms with E-state index in [1.165, 1.54) is 0 Å². The summed E-state index contributed by atoms with van der Waals surface area (Å²) < 4.78 is 11.4. The van der Waals surface area contributed by atoms with Gasteiger partial charge in [0.25, 0.3) is 5.91 Å². The molecule has 1 amide bonds. The molecule has 0 saturated heterocycles. The number of rotatable bonds is 8. The zero-order valence-corrected chi connectivity index (χ0v) is 16.6. The second kappa shape index (κ2) is 9.22. The monoisotopic (exact) mass is 378 g/mol. The molecule has 0 bridgehead atoms. The van der Waals surface area contributed by atoms with Crippen LogP contribution in [-0.2, 0) is 17.9 Å². The van der Waals surface area contributed by atoms with Crippen molar-refractivity contribution >= 4 is 5.91 Å². The van der Waals surface area contributed by atoms with Crippen molar-refractivity contribution in [1.29, 1.82) is 0 Å². The van der Waals surface area contributed by atoms with Gasteiger partial charge in [0.2, 0.25) is 0 Å². The molecule has 0 N–H and O–H groups in total. The van der Waals surface area contributed by atoms with E-state index in [9.17, 15) is 4.79 Å². The lowest BCUT2D eigenvalue weighted by Crippen LogP contribution is -2.34. The molecule has 0 aliphatic heterocycles. The fraction of sp³-hybridized carbons (Fsp3) is 0.304. The number of carbonyl (C=O) groups excluding carboxylic acids is 1. The molecule has 5 heteroatoms. The first-order valence-electron chi connectivity index (χ1n) is 9.45. The normalized spacial score (nSPS) is 10.9. The molecule has 3 aromatic rings. The molecule has 0 fully saturated rings. The standard InChI is InChI=1S/C23H26N2O3/c1-17(2)21-9-8-18(3)12-22(21)28-16-23(26)25(15-20-7-5-11-27-20)14-19-6-4-10-24-13-19/h4-13,17H,14-16H2,1-3H3. The van der Waals surface area contributed by atoms with Gasteiger partial charge in [-0.25, -0.2) is 0 Å². The second-order valence-electron chi connectivity index (χ2n) is 7.18. The van der Waals surface area contributed by atoms with E-state index in [0.29, 0.717) is 19.0 Å². The third kappa shape index (κ3) is 5.22. The van der Waals surface area contributed by atoms with Crippen molar-refractivity contribution in [1.82, 2.24) is 9.88 Å². The van der Waals surface area contributed by atoms with Crippen LogP contribution in [0, 0.1) is 6.92 Å². The lowest BCUT2D eigenvalue weighted by atomic mass is 10.0. The minimum atomic E-state index is -0.100. The summed E-state index contributed by atoms with van der Waals surface area (Å²) in [4.78, 5) is 18.8. The van der Waals surface area contributed by atoms with Gasteiger partial charge in [-0.1, -0.05) is 32.0 Å². The first kappa shape index (κ1) is 19.7. The quantitative estimate of drug-likeness (QED) is 0.569. The van der Waals surface area contributed by atoms with Crippen LogP contribution in [0.15, 0.2) is 65.5 Å². The average Bonchev–Trinajstić information content (AvgIpc) is 3.19. The van der Waals surface area contributed by atoms with Crippen molar-refractivity contribution in [3.8, 4) is 5.75 Å². The van der Waals surface area contributed by atoms with E-state index in [1.807, 2.05) is 37.3 Å². The van der Waals surface area contributed by atoms with Gasteiger partial charge in [0.15, 0.2) is 6.61 Å². The maximum absolute atomic E-state index is 13.0. The van der Waals surface area contributed by atoms with Gasteiger partial charge in [0, 0.05) is 18.9 Å². The van der Waals surface area contributed by atoms with Gasteiger partial charge in [-0.15, -0.1) is 0 Å². The molecule has 2 heterocycles. The number of ether oxygens (including phenoxy) is 1. The van der Waals surface area contributed by atoms with Crippen LogP contribution in [0.25, 0.3) is 0 Å². The highest BCUT2D eigenvalue weighted by Crippen LogP contribution is 2.27. The van der Waals surface area contributed by atoms with Crippen LogP contribution in [0.1, 0.15) is 42.2 Å². The number of aryl methyl sites for hydroxylation is 1. The number of amides is 1. The number of hydrogen-bond acceptors (Lipinski definition) is 4. The van der Waals surface area contributed by atoms with Crippen LogP contribution in [-0.4, -0.2) is 22.4 Å². The molecule has 3 rings (SSSR count). The lowest BCUT2D eigenvalue weighted by molar-refractivity contribution is -0.134. The van der Waals surface area contributed by atoms with Gasteiger partial charge >= 0.3 is 0 Å². The highest BCUT2D eigenvalue weighted by Gasteiger charge is 2.18. The third-order valence-corrected chi connectivity index (χ3v) is 4.52. The predicted octanol–water partition coefficient (Wildman–Crippen LogP) is 4.71. The van der Waals surface area contributed by atoms with Crippen LogP contribution >= 0.6 is 0 Å². The van der Waals surface area contributed by atoms with E-state index in [2.05, 4.69) is 31.0 Å². The van der Waals surface area contributed by atoms with E-state index in [4.69, 9.17) is 9.15 Å². The molecule has 0 unspecified atom stereocenters. The van der Waals surface area contributed by atoms with Crippen molar-refractivity contribution in [2.24, 2.45) is 0 Å². The van der Waals surface area contributed by atoms with Crippen molar-refractivity contribution in [3.05, 3.63) is 83.6 Å². The minimum absolute atomic E-state index is 0.0237. The van der Waals surface area contributed by atoms with Gasteiger partial charge in [-0.2, -0.15) is 0 Å².